The van der Waals surface area contributed by atoms with Gasteiger partial charge >= 0.3 is 0 Å². The number of nitrogens with zero attached hydrogens (tertiary/aromatic N) is 4. The summed E-state index contributed by atoms with van der Waals surface area (Å²) in [6.07, 6.45) is 2.81. The Hall–Kier alpha value is -3.92. The van der Waals surface area contributed by atoms with Gasteiger partial charge in [0.1, 0.15) is 6.04 Å². The first-order valence-electron chi connectivity index (χ1n) is 14.7. The summed E-state index contributed by atoms with van der Waals surface area (Å²) < 4.78 is 0. The van der Waals surface area contributed by atoms with Crippen LogP contribution < -0.4 is 20.9 Å². The predicted octanol–water partition coefficient (Wildman–Crippen LogP) is 1.89. The smallest absolute Gasteiger partial charge is 0.255 e. The van der Waals surface area contributed by atoms with E-state index in [9.17, 15) is 19.2 Å². The molecule has 0 aromatic heterocycles. The standard InChI is InChI=1S/C31H38N6O4/c1-20-16-23(17-22-19-37(31(41)28(20)22)26-6-7-27(38)33-30(26)40)35-14-12-34(13-15-35)18-21-8-10-36(11-9-21)25-5-3-2-4-24(25)29(32)39/h2-5,16-17,21,26H,6-15,18-19H2,1H3,(H2,32,39)(H,33,38,40). The number of carbonyl (C=O) groups is 4. The highest BCUT2D eigenvalue weighted by Crippen LogP contribution is 2.34. The molecule has 216 valence electrons. The van der Waals surface area contributed by atoms with E-state index in [-0.39, 0.29) is 30.0 Å². The summed E-state index contributed by atoms with van der Waals surface area (Å²) in [6.45, 7) is 9.13. The Morgan fingerprint density at radius 3 is 2.39 bits per heavy atom. The van der Waals surface area contributed by atoms with Crippen LogP contribution in [0.2, 0.25) is 0 Å². The van der Waals surface area contributed by atoms with Gasteiger partial charge in [-0.2, -0.15) is 0 Å². The van der Waals surface area contributed by atoms with E-state index in [1.807, 2.05) is 25.1 Å². The highest BCUT2D eigenvalue weighted by Gasteiger charge is 2.40. The van der Waals surface area contributed by atoms with Gasteiger partial charge in [-0.1, -0.05) is 12.1 Å². The number of rotatable bonds is 6. The Bertz CT molecular complexity index is 1380. The molecule has 0 spiro atoms. The van der Waals surface area contributed by atoms with Crippen molar-refractivity contribution >= 4 is 35.0 Å². The van der Waals surface area contributed by atoms with Gasteiger partial charge in [0.15, 0.2) is 0 Å². The molecule has 0 aliphatic carbocycles. The topological polar surface area (TPSA) is 119 Å². The Balaban J connectivity index is 1.03. The number of para-hydroxylation sites is 1. The zero-order valence-corrected chi connectivity index (χ0v) is 23.6. The second-order valence-corrected chi connectivity index (χ2v) is 11.8. The summed E-state index contributed by atoms with van der Waals surface area (Å²) in [5, 5.41) is 2.38. The van der Waals surface area contributed by atoms with E-state index < -0.39 is 6.04 Å². The van der Waals surface area contributed by atoms with Crippen molar-refractivity contribution in [2.45, 2.75) is 45.2 Å². The van der Waals surface area contributed by atoms with Crippen molar-refractivity contribution in [1.82, 2.24) is 15.1 Å². The molecule has 3 saturated heterocycles. The third-order valence-corrected chi connectivity index (χ3v) is 9.18. The molecule has 1 unspecified atom stereocenters. The molecule has 0 saturated carbocycles. The van der Waals surface area contributed by atoms with Crippen LogP contribution in [-0.4, -0.2) is 85.3 Å². The van der Waals surface area contributed by atoms with Crippen molar-refractivity contribution in [3.8, 4) is 0 Å². The van der Waals surface area contributed by atoms with Gasteiger partial charge in [-0.25, -0.2) is 0 Å². The fraction of sp³-hybridized carbons (Fsp3) is 0.484. The zero-order chi connectivity index (χ0) is 28.7. The van der Waals surface area contributed by atoms with Crippen LogP contribution in [0.4, 0.5) is 11.4 Å². The Labute approximate surface area is 240 Å². The lowest BCUT2D eigenvalue weighted by Gasteiger charge is -2.40. The summed E-state index contributed by atoms with van der Waals surface area (Å²) in [5.74, 6) is -0.517. The van der Waals surface area contributed by atoms with Gasteiger partial charge < -0.3 is 20.4 Å². The van der Waals surface area contributed by atoms with Crippen LogP contribution in [-0.2, 0) is 16.1 Å². The molecule has 3 N–H and O–H groups in total. The first kappa shape index (κ1) is 27.3. The second-order valence-electron chi connectivity index (χ2n) is 11.8. The van der Waals surface area contributed by atoms with Crippen molar-refractivity contribution in [2.24, 2.45) is 11.7 Å². The van der Waals surface area contributed by atoms with Gasteiger partial charge in [0.25, 0.3) is 11.8 Å². The Kier molecular flexibility index (Phi) is 7.42. The summed E-state index contributed by atoms with van der Waals surface area (Å²) in [5.41, 5.74) is 10.8. The van der Waals surface area contributed by atoms with E-state index in [1.54, 1.807) is 11.0 Å². The number of nitrogens with one attached hydrogen (secondary N) is 1. The second kappa shape index (κ2) is 11.2. The molecule has 4 aliphatic heterocycles. The molecule has 10 heteroatoms. The van der Waals surface area contributed by atoms with Crippen molar-refractivity contribution in [2.75, 3.05) is 55.6 Å². The van der Waals surface area contributed by atoms with E-state index in [2.05, 4.69) is 32.1 Å². The van der Waals surface area contributed by atoms with Crippen LogP contribution >= 0.6 is 0 Å². The molecule has 10 nitrogen and oxygen atoms in total. The number of hydrogen-bond acceptors (Lipinski definition) is 7. The molecule has 2 aromatic carbocycles. The number of aryl methyl sites for hydroxylation is 1. The molecule has 0 bridgehead atoms. The average molecular weight is 559 g/mol. The molecule has 2 aromatic rings. The van der Waals surface area contributed by atoms with Gasteiger partial charge in [0, 0.05) is 75.7 Å². The minimum atomic E-state index is -0.594. The van der Waals surface area contributed by atoms with Crippen LogP contribution in [0.1, 0.15) is 57.5 Å². The van der Waals surface area contributed by atoms with E-state index >= 15 is 0 Å². The first-order chi connectivity index (χ1) is 19.8. The normalized spacial score (nSPS) is 22.2. The largest absolute Gasteiger partial charge is 0.371 e. The van der Waals surface area contributed by atoms with E-state index in [0.29, 0.717) is 30.0 Å². The van der Waals surface area contributed by atoms with Gasteiger partial charge in [0.2, 0.25) is 11.8 Å². The maximum atomic E-state index is 13.2. The van der Waals surface area contributed by atoms with Crippen LogP contribution in [0.5, 0.6) is 0 Å². The molecule has 1 atom stereocenters. The van der Waals surface area contributed by atoms with E-state index in [0.717, 1.165) is 81.2 Å². The Morgan fingerprint density at radius 1 is 0.951 bits per heavy atom. The molecular formula is C31H38N6O4. The summed E-state index contributed by atoms with van der Waals surface area (Å²) in [6, 6.07) is 11.2. The number of hydrogen-bond donors (Lipinski definition) is 2. The van der Waals surface area contributed by atoms with Crippen LogP contribution in [0.25, 0.3) is 0 Å². The fourth-order valence-corrected chi connectivity index (χ4v) is 6.95. The van der Waals surface area contributed by atoms with Crippen molar-refractivity contribution in [1.29, 1.82) is 0 Å². The summed E-state index contributed by atoms with van der Waals surface area (Å²) in [4.78, 5) is 58.0. The van der Waals surface area contributed by atoms with Crippen molar-refractivity contribution in [3.05, 3.63) is 58.7 Å². The fourth-order valence-electron chi connectivity index (χ4n) is 6.95. The van der Waals surface area contributed by atoms with E-state index in [1.165, 1.54) is 0 Å². The SMILES string of the molecule is Cc1cc(N2CCN(CC3CCN(c4ccccc4C(N)=O)CC3)CC2)cc2c1C(=O)N(C1CCC(=O)NC1=O)C2. The Morgan fingerprint density at radius 2 is 1.68 bits per heavy atom. The number of primary amides is 1. The van der Waals surface area contributed by atoms with Crippen LogP contribution in [0.3, 0.4) is 0 Å². The third kappa shape index (κ3) is 5.40. The molecule has 6 rings (SSSR count). The van der Waals surface area contributed by atoms with E-state index in [4.69, 9.17) is 5.73 Å². The number of benzene rings is 2. The number of fused-ring (bicyclic) bond motifs is 1. The monoisotopic (exact) mass is 558 g/mol. The summed E-state index contributed by atoms with van der Waals surface area (Å²) >= 11 is 0. The minimum absolute atomic E-state index is 0.118. The maximum Gasteiger partial charge on any atom is 0.255 e. The molecular weight excluding hydrogens is 520 g/mol. The van der Waals surface area contributed by atoms with Gasteiger partial charge in [-0.15, -0.1) is 0 Å². The minimum Gasteiger partial charge on any atom is -0.371 e. The first-order valence-corrected chi connectivity index (χ1v) is 14.7. The van der Waals surface area contributed by atoms with Crippen LogP contribution in [0, 0.1) is 12.8 Å². The number of amides is 4. The quantitative estimate of drug-likeness (QED) is 0.520. The van der Waals surface area contributed by atoms with Crippen LogP contribution in [0.15, 0.2) is 36.4 Å². The molecule has 4 amide bonds. The van der Waals surface area contributed by atoms with Crippen molar-refractivity contribution < 1.29 is 19.2 Å². The molecule has 3 fully saturated rings. The number of nitrogens with two attached hydrogens (primary N) is 1. The number of imide groups is 1. The molecule has 4 heterocycles. The van der Waals surface area contributed by atoms with Gasteiger partial charge in [0.05, 0.1) is 5.56 Å². The highest BCUT2D eigenvalue weighted by atomic mass is 16.2. The molecule has 4 aliphatic rings. The number of carbonyl (C=O) groups excluding carboxylic acids is 4. The number of piperazine rings is 1. The molecule has 41 heavy (non-hydrogen) atoms. The van der Waals surface area contributed by atoms with Gasteiger partial charge in [-0.3, -0.25) is 29.4 Å². The third-order valence-electron chi connectivity index (χ3n) is 9.18. The number of anilines is 2. The lowest BCUT2D eigenvalue weighted by Crippen LogP contribution is -2.52. The zero-order valence-electron chi connectivity index (χ0n) is 23.6. The maximum absolute atomic E-state index is 13.2. The predicted molar refractivity (Wildman–Crippen MR) is 156 cm³/mol. The molecule has 0 radical (unpaired) electrons. The van der Waals surface area contributed by atoms with Gasteiger partial charge in [-0.05, 0) is 67.5 Å². The highest BCUT2D eigenvalue weighted by molar-refractivity contribution is 6.06. The lowest BCUT2D eigenvalue weighted by molar-refractivity contribution is -0.136. The lowest BCUT2D eigenvalue weighted by atomic mass is 9.95. The number of piperidine rings is 2. The summed E-state index contributed by atoms with van der Waals surface area (Å²) in [7, 11) is 0. The van der Waals surface area contributed by atoms with Crippen molar-refractivity contribution in [3.63, 3.8) is 0 Å². The average Bonchev–Trinajstić information content (AvgIpc) is 3.30.